The van der Waals surface area contributed by atoms with Crippen LogP contribution in [0.4, 0.5) is 5.69 Å². The van der Waals surface area contributed by atoms with Crippen LogP contribution in [0.15, 0.2) is 48.5 Å². The SMILES string of the molecule is COC(=O)CCCc1ccc(C(=O)CCCC(=O)O)cc1.Cc1ccccc1NC(=O)[C@@H]1CCCC[C@@H]1C(=O)O. The van der Waals surface area contributed by atoms with Gasteiger partial charge in [0, 0.05) is 30.5 Å². The number of ketones is 1. The zero-order chi connectivity index (χ0) is 29.5. The number of benzene rings is 2. The van der Waals surface area contributed by atoms with E-state index in [1.165, 1.54) is 7.11 Å². The molecule has 9 heteroatoms. The summed E-state index contributed by atoms with van der Waals surface area (Å²) >= 11 is 0. The lowest BCUT2D eigenvalue weighted by molar-refractivity contribution is -0.147. The van der Waals surface area contributed by atoms with Gasteiger partial charge < -0.3 is 20.3 Å². The quantitative estimate of drug-likeness (QED) is 0.232. The Kier molecular flexibility index (Phi) is 13.6. The van der Waals surface area contributed by atoms with Crippen molar-refractivity contribution in [1.29, 1.82) is 0 Å². The molecule has 1 fully saturated rings. The van der Waals surface area contributed by atoms with E-state index < -0.39 is 23.8 Å². The van der Waals surface area contributed by atoms with Crippen LogP contribution in [0.1, 0.15) is 79.3 Å². The van der Waals surface area contributed by atoms with Crippen LogP contribution in [-0.4, -0.2) is 46.9 Å². The number of aryl methyl sites for hydroxylation is 2. The van der Waals surface area contributed by atoms with E-state index in [0.29, 0.717) is 37.7 Å². The molecule has 0 heterocycles. The summed E-state index contributed by atoms with van der Waals surface area (Å²) in [6.45, 7) is 1.92. The zero-order valence-corrected chi connectivity index (χ0v) is 23.2. The van der Waals surface area contributed by atoms with Gasteiger partial charge in [-0.2, -0.15) is 0 Å². The molecule has 0 spiro atoms. The van der Waals surface area contributed by atoms with Crippen molar-refractivity contribution in [2.45, 2.75) is 71.1 Å². The molecule has 0 aliphatic heterocycles. The maximum absolute atomic E-state index is 12.3. The Hall–Kier alpha value is -4.01. The number of esters is 1. The third kappa shape index (κ3) is 11.0. The number of carboxylic acids is 2. The number of nitrogens with one attached hydrogen (secondary N) is 1. The fraction of sp³-hybridized carbons (Fsp3) is 0.452. The number of amides is 1. The first-order valence-electron chi connectivity index (χ1n) is 13.6. The average Bonchev–Trinajstić information content (AvgIpc) is 2.94. The summed E-state index contributed by atoms with van der Waals surface area (Å²) in [7, 11) is 1.37. The van der Waals surface area contributed by atoms with E-state index >= 15 is 0 Å². The number of aliphatic carboxylic acids is 2. The van der Waals surface area contributed by atoms with Crippen LogP contribution in [0.2, 0.25) is 0 Å². The number of carboxylic acid groups (broad SMARTS) is 2. The van der Waals surface area contributed by atoms with Crippen LogP contribution in [0.5, 0.6) is 0 Å². The van der Waals surface area contributed by atoms with Crippen molar-refractivity contribution in [2.75, 3.05) is 12.4 Å². The maximum Gasteiger partial charge on any atom is 0.307 e. The molecule has 40 heavy (non-hydrogen) atoms. The minimum absolute atomic E-state index is 0.0113. The van der Waals surface area contributed by atoms with E-state index in [2.05, 4.69) is 10.1 Å². The number of carbonyl (C=O) groups excluding carboxylic acids is 3. The van der Waals surface area contributed by atoms with Gasteiger partial charge in [-0.15, -0.1) is 0 Å². The van der Waals surface area contributed by atoms with Gasteiger partial charge in [-0.1, -0.05) is 55.3 Å². The van der Waals surface area contributed by atoms with Gasteiger partial charge in [0.1, 0.15) is 0 Å². The van der Waals surface area contributed by atoms with Crippen LogP contribution < -0.4 is 5.32 Å². The lowest BCUT2D eigenvalue weighted by Crippen LogP contribution is -2.36. The summed E-state index contributed by atoms with van der Waals surface area (Å²) in [6.07, 6.45) is 5.53. The van der Waals surface area contributed by atoms with Crippen molar-refractivity contribution < 1.29 is 38.9 Å². The van der Waals surface area contributed by atoms with E-state index in [-0.39, 0.29) is 30.5 Å². The molecule has 2 aromatic rings. The maximum atomic E-state index is 12.3. The van der Waals surface area contributed by atoms with Gasteiger partial charge in [0.05, 0.1) is 18.9 Å². The number of para-hydroxylation sites is 1. The van der Waals surface area contributed by atoms with Crippen LogP contribution in [0, 0.1) is 18.8 Å². The fourth-order valence-electron chi connectivity index (χ4n) is 4.62. The predicted molar refractivity (Wildman–Crippen MR) is 150 cm³/mol. The third-order valence-corrected chi connectivity index (χ3v) is 6.97. The van der Waals surface area contributed by atoms with Crippen molar-refractivity contribution in [2.24, 2.45) is 11.8 Å². The molecule has 9 nitrogen and oxygen atoms in total. The second-order valence-corrected chi connectivity index (χ2v) is 9.94. The molecular formula is C31H39NO8. The lowest BCUT2D eigenvalue weighted by Gasteiger charge is -2.27. The Morgan fingerprint density at radius 3 is 2.10 bits per heavy atom. The molecule has 3 N–H and O–H groups in total. The summed E-state index contributed by atoms with van der Waals surface area (Å²) < 4.78 is 4.57. The Balaban J connectivity index is 0.000000281. The van der Waals surface area contributed by atoms with E-state index in [9.17, 15) is 29.1 Å². The average molecular weight is 554 g/mol. The highest BCUT2D eigenvalue weighted by atomic mass is 16.5. The van der Waals surface area contributed by atoms with Gasteiger partial charge in [0.2, 0.25) is 5.91 Å². The number of anilines is 1. The molecule has 0 aromatic heterocycles. The van der Waals surface area contributed by atoms with Crippen LogP contribution in [-0.2, 0) is 30.3 Å². The minimum atomic E-state index is -0.885. The first-order chi connectivity index (χ1) is 19.1. The highest BCUT2D eigenvalue weighted by molar-refractivity contribution is 5.96. The third-order valence-electron chi connectivity index (χ3n) is 6.97. The van der Waals surface area contributed by atoms with Crippen molar-refractivity contribution in [1.82, 2.24) is 0 Å². The van der Waals surface area contributed by atoms with E-state index in [0.717, 1.165) is 36.1 Å². The number of hydrogen-bond donors (Lipinski definition) is 3. The summed E-state index contributed by atoms with van der Waals surface area (Å²) in [5.41, 5.74) is 3.40. The molecule has 2 aromatic carbocycles. The Bertz CT molecular complexity index is 1160. The molecule has 216 valence electrons. The van der Waals surface area contributed by atoms with E-state index in [1.807, 2.05) is 43.3 Å². The highest BCUT2D eigenvalue weighted by Gasteiger charge is 2.35. The first kappa shape index (κ1) is 32.2. The topological polar surface area (TPSA) is 147 Å². The fourth-order valence-corrected chi connectivity index (χ4v) is 4.62. The van der Waals surface area contributed by atoms with Gasteiger partial charge in [-0.3, -0.25) is 24.0 Å². The normalized spacial score (nSPS) is 16.1. The van der Waals surface area contributed by atoms with Crippen LogP contribution in [0.3, 0.4) is 0 Å². The summed E-state index contributed by atoms with van der Waals surface area (Å²) in [6, 6.07) is 14.7. The van der Waals surface area contributed by atoms with Crippen molar-refractivity contribution >= 4 is 35.3 Å². The molecule has 1 aliphatic rings. The molecule has 0 saturated heterocycles. The number of rotatable bonds is 12. The highest BCUT2D eigenvalue weighted by Crippen LogP contribution is 2.31. The Morgan fingerprint density at radius 2 is 1.50 bits per heavy atom. The van der Waals surface area contributed by atoms with Crippen LogP contribution >= 0.6 is 0 Å². The smallest absolute Gasteiger partial charge is 0.307 e. The van der Waals surface area contributed by atoms with Crippen molar-refractivity contribution in [3.8, 4) is 0 Å². The molecule has 1 aliphatic carbocycles. The van der Waals surface area contributed by atoms with Gasteiger partial charge in [-0.05, 0) is 56.2 Å². The number of Topliss-reactive ketones (excluding diaryl/α,β-unsaturated/α-hetero) is 1. The van der Waals surface area contributed by atoms with Gasteiger partial charge in [0.25, 0.3) is 0 Å². The number of ether oxygens (including phenoxy) is 1. The van der Waals surface area contributed by atoms with Gasteiger partial charge in [-0.25, -0.2) is 0 Å². The van der Waals surface area contributed by atoms with Gasteiger partial charge in [0.15, 0.2) is 5.78 Å². The molecule has 0 radical (unpaired) electrons. The second-order valence-electron chi connectivity index (χ2n) is 9.94. The van der Waals surface area contributed by atoms with Crippen molar-refractivity contribution in [3.05, 3.63) is 65.2 Å². The van der Waals surface area contributed by atoms with Gasteiger partial charge >= 0.3 is 17.9 Å². The summed E-state index contributed by atoms with van der Waals surface area (Å²) in [5.74, 6) is -3.13. The Labute approximate surface area is 234 Å². The molecule has 2 atom stereocenters. The summed E-state index contributed by atoms with van der Waals surface area (Å²) in [4.78, 5) is 56.7. The summed E-state index contributed by atoms with van der Waals surface area (Å²) in [5, 5.41) is 20.6. The first-order valence-corrected chi connectivity index (χ1v) is 13.6. The second kappa shape index (κ2) is 16.8. The molecule has 0 unspecified atom stereocenters. The molecular weight excluding hydrogens is 514 g/mol. The molecule has 0 bridgehead atoms. The standard InChI is InChI=1S/C16H20O5.C15H19NO3/c1-21-16(20)7-2-4-12-8-10-13(11-9-12)14(17)5-3-6-15(18)19;1-10-6-2-5-9-13(10)16-14(17)11-7-3-4-8-12(11)15(18)19/h8-11H,2-7H2,1H3,(H,18,19);2,5-6,9,11-12H,3-4,7-8H2,1H3,(H,16,17)(H,18,19)/t;11-,12+/m.1/s1. The Morgan fingerprint density at radius 1 is 0.850 bits per heavy atom. The lowest BCUT2D eigenvalue weighted by atomic mass is 9.78. The van der Waals surface area contributed by atoms with Crippen LogP contribution in [0.25, 0.3) is 0 Å². The number of carbonyl (C=O) groups is 5. The predicted octanol–water partition coefficient (Wildman–Crippen LogP) is 5.44. The number of methoxy groups -OCH3 is 1. The largest absolute Gasteiger partial charge is 0.481 e. The minimum Gasteiger partial charge on any atom is -0.481 e. The molecule has 1 amide bonds. The van der Waals surface area contributed by atoms with E-state index in [4.69, 9.17) is 5.11 Å². The molecule has 3 rings (SSSR count). The zero-order valence-electron chi connectivity index (χ0n) is 23.2. The van der Waals surface area contributed by atoms with E-state index in [1.54, 1.807) is 12.1 Å². The molecule has 1 saturated carbocycles. The number of hydrogen-bond acceptors (Lipinski definition) is 6. The monoisotopic (exact) mass is 553 g/mol. The van der Waals surface area contributed by atoms with Crippen molar-refractivity contribution in [3.63, 3.8) is 0 Å².